The highest BCUT2D eigenvalue weighted by Crippen LogP contribution is 2.05. The molecule has 0 rings (SSSR count). The van der Waals surface area contributed by atoms with E-state index in [2.05, 4.69) is 12.2 Å². The van der Waals surface area contributed by atoms with Crippen LogP contribution in [0.1, 0.15) is 65.7 Å². The Kier molecular flexibility index (Phi) is 10.2. The molecule has 0 aliphatic carbocycles. The predicted octanol–water partition coefficient (Wildman–Crippen LogP) is 2.84. The summed E-state index contributed by atoms with van der Waals surface area (Å²) in [4.78, 5) is 11.5. The molecule has 3 heteroatoms. The van der Waals surface area contributed by atoms with Crippen LogP contribution < -0.4 is 11.1 Å². The highest BCUT2D eigenvalue weighted by Gasteiger charge is 2.11. The number of hydrogen-bond acceptors (Lipinski definition) is 2. The predicted molar refractivity (Wildman–Crippen MR) is 73.8 cm³/mol. The van der Waals surface area contributed by atoms with Crippen molar-refractivity contribution < 1.29 is 4.79 Å². The summed E-state index contributed by atoms with van der Waals surface area (Å²) in [6, 6.07) is -0.0143. The molecule has 0 aliphatic heterocycles. The molecule has 0 saturated heterocycles. The first kappa shape index (κ1) is 16.4. The van der Waals surface area contributed by atoms with Crippen molar-refractivity contribution in [1.29, 1.82) is 0 Å². The van der Waals surface area contributed by atoms with Gasteiger partial charge in [0.25, 0.3) is 0 Å². The molecule has 1 atom stereocenters. The van der Waals surface area contributed by atoms with Crippen LogP contribution in [0.2, 0.25) is 0 Å². The Hall–Kier alpha value is -0.570. The fraction of sp³-hybridized carbons (Fsp3) is 0.929. The molecule has 0 saturated carbocycles. The minimum atomic E-state index is -0.0143. The van der Waals surface area contributed by atoms with Crippen LogP contribution in [0, 0.1) is 5.92 Å². The van der Waals surface area contributed by atoms with Crippen LogP contribution in [-0.2, 0) is 4.79 Å². The van der Waals surface area contributed by atoms with Gasteiger partial charge in [0.15, 0.2) is 0 Å². The van der Waals surface area contributed by atoms with Gasteiger partial charge in [-0.25, -0.2) is 0 Å². The van der Waals surface area contributed by atoms with Crippen LogP contribution in [-0.4, -0.2) is 18.5 Å². The Bertz CT molecular complexity index is 193. The van der Waals surface area contributed by atoms with E-state index >= 15 is 0 Å². The number of rotatable bonds is 10. The quantitative estimate of drug-likeness (QED) is 0.579. The number of amides is 1. The molecular weight excluding hydrogens is 212 g/mol. The topological polar surface area (TPSA) is 55.1 Å². The van der Waals surface area contributed by atoms with E-state index in [0.717, 1.165) is 13.0 Å². The maximum atomic E-state index is 11.5. The van der Waals surface area contributed by atoms with Crippen molar-refractivity contribution in [1.82, 2.24) is 5.32 Å². The third kappa shape index (κ3) is 10.3. The number of carbonyl (C=O) groups is 1. The van der Waals surface area contributed by atoms with Crippen LogP contribution >= 0.6 is 0 Å². The van der Waals surface area contributed by atoms with Crippen molar-refractivity contribution >= 4 is 5.91 Å². The molecule has 1 unspecified atom stereocenters. The molecule has 0 spiro atoms. The number of nitrogens with two attached hydrogens (primary N) is 1. The molecule has 0 heterocycles. The van der Waals surface area contributed by atoms with Crippen molar-refractivity contribution in [2.24, 2.45) is 11.7 Å². The summed E-state index contributed by atoms with van der Waals surface area (Å²) in [5, 5.41) is 2.94. The van der Waals surface area contributed by atoms with Gasteiger partial charge in [-0.2, -0.15) is 0 Å². The number of hydrogen-bond donors (Lipinski definition) is 2. The van der Waals surface area contributed by atoms with Gasteiger partial charge >= 0.3 is 0 Å². The molecule has 17 heavy (non-hydrogen) atoms. The fourth-order valence-corrected chi connectivity index (χ4v) is 1.66. The summed E-state index contributed by atoms with van der Waals surface area (Å²) in [5.41, 5.74) is 5.84. The van der Waals surface area contributed by atoms with E-state index in [-0.39, 0.29) is 11.9 Å². The molecule has 0 radical (unpaired) electrons. The molecule has 1 amide bonds. The first-order valence-corrected chi connectivity index (χ1v) is 7.10. The lowest BCUT2D eigenvalue weighted by molar-refractivity contribution is -0.121. The molecule has 3 N–H and O–H groups in total. The van der Waals surface area contributed by atoms with E-state index in [1.165, 1.54) is 32.1 Å². The lowest BCUT2D eigenvalue weighted by Gasteiger charge is -2.14. The van der Waals surface area contributed by atoms with Crippen molar-refractivity contribution in [3.05, 3.63) is 0 Å². The van der Waals surface area contributed by atoms with Gasteiger partial charge in [0.1, 0.15) is 0 Å². The standard InChI is InChI=1S/C14H30N2O/c1-4-5-6-7-8-9-10-16-14(17)11-13(15)12(2)3/h12-13H,4-11,15H2,1-3H3,(H,16,17). The molecule has 0 fully saturated rings. The minimum absolute atomic E-state index is 0.0143. The molecular formula is C14H30N2O. The SMILES string of the molecule is CCCCCCCCNC(=O)CC(N)C(C)C. The minimum Gasteiger partial charge on any atom is -0.356 e. The zero-order valence-corrected chi connectivity index (χ0v) is 11.8. The van der Waals surface area contributed by atoms with E-state index in [4.69, 9.17) is 5.73 Å². The van der Waals surface area contributed by atoms with E-state index < -0.39 is 0 Å². The second-order valence-corrected chi connectivity index (χ2v) is 5.23. The molecule has 0 aromatic rings. The summed E-state index contributed by atoms with van der Waals surface area (Å²) in [5.74, 6) is 0.467. The second kappa shape index (κ2) is 10.6. The third-order valence-corrected chi connectivity index (χ3v) is 3.13. The van der Waals surface area contributed by atoms with Gasteiger partial charge in [-0.1, -0.05) is 52.9 Å². The van der Waals surface area contributed by atoms with Crippen LogP contribution in [0.4, 0.5) is 0 Å². The molecule has 3 nitrogen and oxygen atoms in total. The molecule has 0 aromatic heterocycles. The highest BCUT2D eigenvalue weighted by atomic mass is 16.1. The summed E-state index contributed by atoms with van der Waals surface area (Å²) >= 11 is 0. The highest BCUT2D eigenvalue weighted by molar-refractivity contribution is 5.76. The second-order valence-electron chi connectivity index (χ2n) is 5.23. The van der Waals surface area contributed by atoms with Gasteiger partial charge in [0, 0.05) is 19.0 Å². The summed E-state index contributed by atoms with van der Waals surface area (Å²) in [6.45, 7) is 7.12. The Morgan fingerprint density at radius 2 is 1.71 bits per heavy atom. The zero-order valence-electron chi connectivity index (χ0n) is 11.8. The van der Waals surface area contributed by atoms with Crippen LogP contribution in [0.15, 0.2) is 0 Å². The normalized spacial score (nSPS) is 12.8. The monoisotopic (exact) mass is 242 g/mol. The van der Waals surface area contributed by atoms with Gasteiger partial charge in [0.2, 0.25) is 5.91 Å². The molecule has 0 aromatic carbocycles. The van der Waals surface area contributed by atoms with Crippen molar-refractivity contribution in [3.8, 4) is 0 Å². The Balaban J connectivity index is 3.33. The average molecular weight is 242 g/mol. The lowest BCUT2D eigenvalue weighted by atomic mass is 10.0. The van der Waals surface area contributed by atoms with E-state index in [9.17, 15) is 4.79 Å². The van der Waals surface area contributed by atoms with Crippen molar-refractivity contribution in [2.75, 3.05) is 6.54 Å². The van der Waals surface area contributed by atoms with Gasteiger partial charge in [-0.15, -0.1) is 0 Å². The summed E-state index contributed by atoms with van der Waals surface area (Å²) in [6.07, 6.45) is 7.98. The first-order chi connectivity index (χ1) is 8.07. The molecule has 102 valence electrons. The Morgan fingerprint density at radius 1 is 1.12 bits per heavy atom. The average Bonchev–Trinajstić information content (AvgIpc) is 2.27. The molecule has 0 aliphatic rings. The number of carbonyl (C=O) groups excluding carboxylic acids is 1. The van der Waals surface area contributed by atoms with Gasteiger partial charge in [-0.3, -0.25) is 4.79 Å². The first-order valence-electron chi connectivity index (χ1n) is 7.10. The number of nitrogens with one attached hydrogen (secondary N) is 1. The van der Waals surface area contributed by atoms with Gasteiger partial charge in [-0.05, 0) is 12.3 Å². The number of unbranched alkanes of at least 4 members (excludes halogenated alkanes) is 5. The largest absolute Gasteiger partial charge is 0.356 e. The zero-order chi connectivity index (χ0) is 13.1. The summed E-state index contributed by atoms with van der Waals surface area (Å²) < 4.78 is 0. The lowest BCUT2D eigenvalue weighted by Crippen LogP contribution is -2.35. The maximum Gasteiger partial charge on any atom is 0.221 e. The van der Waals surface area contributed by atoms with Crippen molar-refractivity contribution in [2.45, 2.75) is 71.8 Å². The third-order valence-electron chi connectivity index (χ3n) is 3.13. The van der Waals surface area contributed by atoms with E-state index in [1.807, 2.05) is 13.8 Å². The Labute approximate surface area is 107 Å². The Morgan fingerprint density at radius 3 is 2.29 bits per heavy atom. The van der Waals surface area contributed by atoms with Gasteiger partial charge < -0.3 is 11.1 Å². The van der Waals surface area contributed by atoms with Gasteiger partial charge in [0.05, 0.1) is 0 Å². The van der Waals surface area contributed by atoms with Crippen LogP contribution in [0.3, 0.4) is 0 Å². The van der Waals surface area contributed by atoms with Crippen LogP contribution in [0.25, 0.3) is 0 Å². The maximum absolute atomic E-state index is 11.5. The fourth-order valence-electron chi connectivity index (χ4n) is 1.66. The van der Waals surface area contributed by atoms with Crippen molar-refractivity contribution in [3.63, 3.8) is 0 Å². The van der Waals surface area contributed by atoms with E-state index in [1.54, 1.807) is 0 Å². The smallest absolute Gasteiger partial charge is 0.221 e. The van der Waals surface area contributed by atoms with Crippen LogP contribution in [0.5, 0.6) is 0 Å². The molecule has 0 bridgehead atoms. The van der Waals surface area contributed by atoms with E-state index in [0.29, 0.717) is 12.3 Å². The summed E-state index contributed by atoms with van der Waals surface area (Å²) in [7, 11) is 0.